The standard InChI is InChI=1S/C18H16N2O4S/c1-24-17(21)12-9-13-7-10-14(11-8-13)18-19-15-5-3-4-6-16(15)20(18)25(2,22)23/h3-12H,1-2H3/b12-9+. The molecule has 0 radical (unpaired) electrons. The Labute approximate surface area is 145 Å². The fraction of sp³-hybridized carbons (Fsp3) is 0.111. The first-order valence-corrected chi connectivity index (χ1v) is 9.29. The summed E-state index contributed by atoms with van der Waals surface area (Å²) in [5.41, 5.74) is 2.60. The van der Waals surface area contributed by atoms with E-state index in [4.69, 9.17) is 0 Å². The maximum absolute atomic E-state index is 12.2. The number of esters is 1. The number of methoxy groups -OCH3 is 1. The third-order valence-corrected chi connectivity index (χ3v) is 4.67. The molecule has 0 aliphatic rings. The van der Waals surface area contributed by atoms with Gasteiger partial charge in [-0.2, -0.15) is 0 Å². The van der Waals surface area contributed by atoms with Crippen molar-refractivity contribution in [3.8, 4) is 11.4 Å². The summed E-state index contributed by atoms with van der Waals surface area (Å²) in [6, 6.07) is 14.2. The zero-order valence-electron chi connectivity index (χ0n) is 13.7. The second kappa shape index (κ2) is 6.52. The number of carbonyl (C=O) groups excluding carboxylic acids is 1. The zero-order chi connectivity index (χ0) is 18.0. The number of rotatable bonds is 4. The molecule has 25 heavy (non-hydrogen) atoms. The lowest BCUT2D eigenvalue weighted by Gasteiger charge is -2.07. The largest absolute Gasteiger partial charge is 0.466 e. The summed E-state index contributed by atoms with van der Waals surface area (Å²) in [5, 5.41) is 0. The highest BCUT2D eigenvalue weighted by Gasteiger charge is 2.19. The summed E-state index contributed by atoms with van der Waals surface area (Å²) >= 11 is 0. The van der Waals surface area contributed by atoms with Crippen LogP contribution in [0.3, 0.4) is 0 Å². The number of fused-ring (bicyclic) bond motifs is 1. The Kier molecular flexibility index (Phi) is 4.41. The molecular formula is C18H16N2O4S. The van der Waals surface area contributed by atoms with Crippen molar-refractivity contribution in [1.29, 1.82) is 0 Å². The number of benzene rings is 2. The minimum atomic E-state index is -3.52. The number of imidazole rings is 1. The fourth-order valence-electron chi connectivity index (χ4n) is 2.50. The molecule has 0 saturated carbocycles. The van der Waals surface area contributed by atoms with Crippen molar-refractivity contribution in [2.45, 2.75) is 0 Å². The van der Waals surface area contributed by atoms with Gasteiger partial charge in [-0.05, 0) is 23.8 Å². The second-order valence-corrected chi connectivity index (χ2v) is 7.26. The highest BCUT2D eigenvalue weighted by molar-refractivity contribution is 7.89. The van der Waals surface area contributed by atoms with E-state index < -0.39 is 16.0 Å². The van der Waals surface area contributed by atoms with Gasteiger partial charge < -0.3 is 4.74 Å². The molecule has 0 bridgehead atoms. The quantitative estimate of drug-likeness (QED) is 0.530. The van der Waals surface area contributed by atoms with Gasteiger partial charge in [-0.1, -0.05) is 36.4 Å². The zero-order valence-corrected chi connectivity index (χ0v) is 14.5. The van der Waals surface area contributed by atoms with E-state index in [0.29, 0.717) is 22.4 Å². The Balaban J connectivity index is 2.08. The van der Waals surface area contributed by atoms with E-state index in [1.54, 1.807) is 48.5 Å². The first-order valence-electron chi connectivity index (χ1n) is 7.44. The van der Waals surface area contributed by atoms with Gasteiger partial charge in [-0.25, -0.2) is 22.2 Å². The Morgan fingerprint density at radius 3 is 2.44 bits per heavy atom. The number of para-hydroxylation sites is 2. The smallest absolute Gasteiger partial charge is 0.330 e. The lowest BCUT2D eigenvalue weighted by molar-refractivity contribution is -0.134. The molecule has 0 saturated heterocycles. The van der Waals surface area contributed by atoms with Crippen LogP contribution in [0.5, 0.6) is 0 Å². The van der Waals surface area contributed by atoms with Gasteiger partial charge in [0.1, 0.15) is 0 Å². The van der Waals surface area contributed by atoms with Gasteiger partial charge in [0, 0.05) is 11.6 Å². The molecule has 0 aliphatic heterocycles. The second-order valence-electron chi connectivity index (χ2n) is 5.43. The number of hydrogen-bond acceptors (Lipinski definition) is 5. The van der Waals surface area contributed by atoms with E-state index >= 15 is 0 Å². The van der Waals surface area contributed by atoms with Gasteiger partial charge in [-0.15, -0.1) is 0 Å². The monoisotopic (exact) mass is 356 g/mol. The molecule has 0 N–H and O–H groups in total. The van der Waals surface area contributed by atoms with Gasteiger partial charge >= 0.3 is 5.97 Å². The van der Waals surface area contributed by atoms with E-state index in [1.807, 2.05) is 6.07 Å². The molecule has 0 aliphatic carbocycles. The Bertz CT molecular complexity index is 1060. The summed E-state index contributed by atoms with van der Waals surface area (Å²) in [4.78, 5) is 15.6. The predicted molar refractivity (Wildman–Crippen MR) is 96.5 cm³/mol. The molecule has 0 amide bonds. The molecule has 0 fully saturated rings. The van der Waals surface area contributed by atoms with Crippen molar-refractivity contribution in [1.82, 2.24) is 8.96 Å². The highest BCUT2D eigenvalue weighted by Crippen LogP contribution is 2.26. The summed E-state index contributed by atoms with van der Waals surface area (Å²) in [7, 11) is -2.21. The molecule has 1 heterocycles. The topological polar surface area (TPSA) is 78.3 Å². The third kappa shape index (κ3) is 3.46. The maximum Gasteiger partial charge on any atom is 0.330 e. The fourth-order valence-corrected chi connectivity index (χ4v) is 3.47. The molecule has 0 spiro atoms. The first kappa shape index (κ1) is 16.9. The molecule has 0 atom stereocenters. The minimum absolute atomic E-state index is 0.354. The SMILES string of the molecule is COC(=O)/C=C/c1ccc(-c2nc3ccccc3n2S(C)(=O)=O)cc1. The van der Waals surface area contributed by atoms with Crippen molar-refractivity contribution in [3.63, 3.8) is 0 Å². The van der Waals surface area contributed by atoms with Crippen molar-refractivity contribution in [2.24, 2.45) is 0 Å². The number of ether oxygens (including phenoxy) is 1. The predicted octanol–water partition coefficient (Wildman–Crippen LogP) is 2.70. The van der Waals surface area contributed by atoms with E-state index in [1.165, 1.54) is 17.2 Å². The highest BCUT2D eigenvalue weighted by atomic mass is 32.2. The Morgan fingerprint density at radius 2 is 1.80 bits per heavy atom. The molecule has 128 valence electrons. The molecule has 0 unspecified atom stereocenters. The minimum Gasteiger partial charge on any atom is -0.466 e. The summed E-state index contributed by atoms with van der Waals surface area (Å²) in [6.07, 6.45) is 4.09. The normalized spacial score (nSPS) is 11.9. The summed E-state index contributed by atoms with van der Waals surface area (Å²) in [6.45, 7) is 0. The van der Waals surface area contributed by atoms with Crippen molar-refractivity contribution in [3.05, 3.63) is 60.2 Å². The molecule has 6 nitrogen and oxygen atoms in total. The Hall–Kier alpha value is -2.93. The lowest BCUT2D eigenvalue weighted by Crippen LogP contribution is -2.11. The first-order chi connectivity index (χ1) is 11.9. The maximum atomic E-state index is 12.2. The van der Waals surface area contributed by atoms with Crippen molar-refractivity contribution < 1.29 is 17.9 Å². The van der Waals surface area contributed by atoms with Gasteiger partial charge in [-0.3, -0.25) is 0 Å². The number of carbonyl (C=O) groups is 1. The van der Waals surface area contributed by atoms with Crippen LogP contribution in [-0.2, 0) is 19.6 Å². The van der Waals surface area contributed by atoms with Crippen LogP contribution in [0.2, 0.25) is 0 Å². The van der Waals surface area contributed by atoms with Crippen LogP contribution >= 0.6 is 0 Å². The average Bonchev–Trinajstić information content (AvgIpc) is 2.99. The third-order valence-electron chi connectivity index (χ3n) is 3.63. The number of aromatic nitrogens is 2. The van der Waals surface area contributed by atoms with Gasteiger partial charge in [0.2, 0.25) is 10.0 Å². The molecule has 2 aromatic carbocycles. The van der Waals surface area contributed by atoms with Gasteiger partial charge in [0.05, 0.1) is 24.4 Å². The van der Waals surface area contributed by atoms with Crippen molar-refractivity contribution >= 4 is 33.1 Å². The average molecular weight is 356 g/mol. The van der Waals surface area contributed by atoms with E-state index in [0.717, 1.165) is 11.8 Å². The summed E-state index contributed by atoms with van der Waals surface area (Å²) in [5.74, 6) is -0.0878. The van der Waals surface area contributed by atoms with E-state index in [9.17, 15) is 13.2 Å². The molecular weight excluding hydrogens is 340 g/mol. The lowest BCUT2D eigenvalue weighted by atomic mass is 10.1. The van der Waals surface area contributed by atoms with E-state index in [2.05, 4.69) is 9.72 Å². The van der Waals surface area contributed by atoms with Crippen molar-refractivity contribution in [2.75, 3.05) is 13.4 Å². The van der Waals surface area contributed by atoms with Gasteiger partial charge in [0.25, 0.3) is 0 Å². The van der Waals surface area contributed by atoms with Gasteiger partial charge in [0.15, 0.2) is 5.82 Å². The Morgan fingerprint density at radius 1 is 1.12 bits per heavy atom. The van der Waals surface area contributed by atoms with Crippen LogP contribution in [0, 0.1) is 0 Å². The summed E-state index contributed by atoms with van der Waals surface area (Å²) < 4.78 is 30.3. The molecule has 3 aromatic rings. The van der Waals surface area contributed by atoms with Crippen LogP contribution < -0.4 is 0 Å². The molecule has 7 heteroatoms. The van der Waals surface area contributed by atoms with Crippen LogP contribution in [0.1, 0.15) is 5.56 Å². The molecule has 3 rings (SSSR count). The van der Waals surface area contributed by atoms with Crippen LogP contribution in [0.4, 0.5) is 0 Å². The van der Waals surface area contributed by atoms with Crippen LogP contribution in [0.25, 0.3) is 28.5 Å². The number of nitrogens with zero attached hydrogens (tertiary/aromatic N) is 2. The van der Waals surface area contributed by atoms with E-state index in [-0.39, 0.29) is 0 Å². The van der Waals surface area contributed by atoms with Crippen LogP contribution in [-0.4, -0.2) is 36.7 Å². The number of hydrogen-bond donors (Lipinski definition) is 0. The molecule has 1 aromatic heterocycles. The van der Waals surface area contributed by atoms with Crippen LogP contribution in [0.15, 0.2) is 54.6 Å².